The number of amides is 4. The van der Waals surface area contributed by atoms with Crippen LogP contribution in [0.15, 0.2) is 18.2 Å². The zero-order valence-electron chi connectivity index (χ0n) is 20.0. The van der Waals surface area contributed by atoms with Crippen LogP contribution in [0.2, 0.25) is 10.0 Å². The summed E-state index contributed by atoms with van der Waals surface area (Å²) in [4.78, 5) is 53.4. The highest BCUT2D eigenvalue weighted by molar-refractivity contribution is 6.45. The van der Waals surface area contributed by atoms with Crippen LogP contribution in [0.25, 0.3) is 10.9 Å². The third-order valence-electron chi connectivity index (χ3n) is 5.95. The second-order valence-electron chi connectivity index (χ2n) is 10.1. The molecule has 9 nitrogen and oxygen atoms in total. The lowest BCUT2D eigenvalue weighted by Crippen LogP contribution is -2.55. The van der Waals surface area contributed by atoms with Gasteiger partial charge in [0, 0.05) is 17.8 Å². The van der Waals surface area contributed by atoms with Gasteiger partial charge >= 0.3 is 0 Å². The third-order valence-corrected chi connectivity index (χ3v) is 6.75. The summed E-state index contributed by atoms with van der Waals surface area (Å²) in [6.45, 7) is 6.39. The number of carbonyl (C=O) groups excluding carboxylic acids is 4. The van der Waals surface area contributed by atoms with E-state index in [0.29, 0.717) is 40.3 Å². The van der Waals surface area contributed by atoms with E-state index in [4.69, 9.17) is 28.9 Å². The van der Waals surface area contributed by atoms with Gasteiger partial charge in [-0.05, 0) is 43.2 Å². The van der Waals surface area contributed by atoms with E-state index in [9.17, 15) is 19.2 Å². The second-order valence-corrected chi connectivity index (χ2v) is 10.9. The minimum atomic E-state index is -1.04. The standard InChI is InChI=1S/C24H31Cl2N5O4/c1-24(2,3)11-17(23(35)30-15(20(27)32)10-13-5-4-8-28-21(13)33)31-22(34)16-9-12-6-7-14(25)18(26)19(12)29-16/h6-7,9,13,15,17,29H,4-5,8,10-11H2,1-3H3,(H2,27,32)(H,28,33)(H,30,35)(H,31,34)/t13-,15-,17-/m0/s1. The number of hydrogen-bond donors (Lipinski definition) is 5. The van der Waals surface area contributed by atoms with Crippen molar-refractivity contribution in [1.82, 2.24) is 20.9 Å². The van der Waals surface area contributed by atoms with Gasteiger partial charge in [-0.15, -0.1) is 0 Å². The average Bonchev–Trinajstić information content (AvgIpc) is 3.21. The SMILES string of the molecule is CC(C)(C)C[C@H](NC(=O)c1cc2ccc(Cl)c(Cl)c2[nH]1)C(=O)N[C@@H](C[C@@H]1CCCNC1=O)C(N)=O. The second kappa shape index (κ2) is 10.9. The van der Waals surface area contributed by atoms with Crippen LogP contribution in [0, 0.1) is 11.3 Å². The van der Waals surface area contributed by atoms with Gasteiger partial charge in [-0.25, -0.2) is 0 Å². The summed E-state index contributed by atoms with van der Waals surface area (Å²) < 4.78 is 0. The Labute approximate surface area is 213 Å². The van der Waals surface area contributed by atoms with Crippen molar-refractivity contribution in [3.05, 3.63) is 33.9 Å². The first-order valence-corrected chi connectivity index (χ1v) is 12.3. The maximum atomic E-state index is 13.2. The number of carbonyl (C=O) groups is 4. The predicted octanol–water partition coefficient (Wildman–Crippen LogP) is 2.90. The summed E-state index contributed by atoms with van der Waals surface area (Å²) in [5.74, 6) is -2.38. The first-order valence-electron chi connectivity index (χ1n) is 11.5. The average molecular weight is 524 g/mol. The highest BCUT2D eigenvalue weighted by atomic mass is 35.5. The number of primary amides is 1. The molecule has 4 amide bonds. The number of rotatable bonds is 8. The van der Waals surface area contributed by atoms with Gasteiger partial charge in [-0.3, -0.25) is 19.2 Å². The maximum Gasteiger partial charge on any atom is 0.268 e. The topological polar surface area (TPSA) is 146 Å². The highest BCUT2D eigenvalue weighted by Gasteiger charge is 2.33. The normalized spacial score (nSPS) is 18.0. The minimum Gasteiger partial charge on any atom is -0.368 e. The molecule has 35 heavy (non-hydrogen) atoms. The molecule has 0 aliphatic carbocycles. The minimum absolute atomic E-state index is 0.102. The summed E-state index contributed by atoms with van der Waals surface area (Å²) in [6.07, 6.45) is 1.80. The van der Waals surface area contributed by atoms with E-state index in [1.807, 2.05) is 20.8 Å². The lowest BCUT2D eigenvalue weighted by molar-refractivity contribution is -0.131. The molecule has 0 unspecified atom stereocenters. The molecule has 1 fully saturated rings. The Kier molecular flexibility index (Phi) is 8.33. The van der Waals surface area contributed by atoms with E-state index in [2.05, 4.69) is 20.9 Å². The van der Waals surface area contributed by atoms with Crippen LogP contribution in [-0.2, 0) is 14.4 Å². The fraction of sp³-hybridized carbons (Fsp3) is 0.500. The smallest absolute Gasteiger partial charge is 0.268 e. The molecule has 0 radical (unpaired) electrons. The molecule has 2 heterocycles. The first-order chi connectivity index (χ1) is 16.4. The van der Waals surface area contributed by atoms with Crippen molar-refractivity contribution in [3.63, 3.8) is 0 Å². The number of aromatic nitrogens is 1. The van der Waals surface area contributed by atoms with Crippen molar-refractivity contribution >= 4 is 57.7 Å². The molecule has 1 saturated heterocycles. The van der Waals surface area contributed by atoms with Gasteiger partial charge < -0.3 is 26.7 Å². The summed E-state index contributed by atoms with van der Waals surface area (Å²) in [7, 11) is 0. The zero-order chi connectivity index (χ0) is 25.9. The predicted molar refractivity (Wildman–Crippen MR) is 135 cm³/mol. The number of nitrogens with one attached hydrogen (secondary N) is 4. The molecule has 11 heteroatoms. The Hall–Kier alpha value is -2.78. The molecule has 3 rings (SSSR count). The molecule has 0 bridgehead atoms. The van der Waals surface area contributed by atoms with Crippen molar-refractivity contribution in [2.45, 2.75) is 58.5 Å². The van der Waals surface area contributed by atoms with Crippen LogP contribution in [0.3, 0.4) is 0 Å². The van der Waals surface area contributed by atoms with Crippen molar-refractivity contribution < 1.29 is 19.2 Å². The molecule has 1 aromatic heterocycles. The van der Waals surface area contributed by atoms with Gasteiger partial charge in [-0.1, -0.05) is 50.0 Å². The third kappa shape index (κ3) is 6.89. The van der Waals surface area contributed by atoms with Crippen LogP contribution in [0.4, 0.5) is 0 Å². The zero-order valence-corrected chi connectivity index (χ0v) is 21.5. The van der Waals surface area contributed by atoms with Crippen LogP contribution < -0.4 is 21.7 Å². The van der Waals surface area contributed by atoms with E-state index in [-0.39, 0.29) is 23.4 Å². The number of nitrogens with two attached hydrogens (primary N) is 1. The van der Waals surface area contributed by atoms with Gasteiger partial charge in [0.15, 0.2) is 0 Å². The lowest BCUT2D eigenvalue weighted by atomic mass is 9.87. The quantitative estimate of drug-likeness (QED) is 0.361. The molecule has 190 valence electrons. The summed E-state index contributed by atoms with van der Waals surface area (Å²) in [5.41, 5.74) is 5.94. The van der Waals surface area contributed by atoms with Gasteiger partial charge in [0.1, 0.15) is 17.8 Å². The van der Waals surface area contributed by atoms with Gasteiger partial charge in [0.2, 0.25) is 17.7 Å². The van der Waals surface area contributed by atoms with Crippen LogP contribution in [0.1, 0.15) is 56.9 Å². The Morgan fingerprint density at radius 2 is 1.89 bits per heavy atom. The van der Waals surface area contributed by atoms with E-state index in [1.165, 1.54) is 0 Å². The van der Waals surface area contributed by atoms with Gasteiger partial charge in [0.05, 0.1) is 15.6 Å². The van der Waals surface area contributed by atoms with E-state index >= 15 is 0 Å². The number of fused-ring (bicyclic) bond motifs is 1. The Morgan fingerprint density at radius 1 is 1.17 bits per heavy atom. The van der Waals surface area contributed by atoms with E-state index in [0.717, 1.165) is 6.42 Å². The Bertz CT molecular complexity index is 1140. The Morgan fingerprint density at radius 3 is 2.51 bits per heavy atom. The Balaban J connectivity index is 1.77. The van der Waals surface area contributed by atoms with Crippen LogP contribution in [-0.4, -0.2) is 47.2 Å². The van der Waals surface area contributed by atoms with Crippen molar-refractivity contribution in [1.29, 1.82) is 0 Å². The maximum absolute atomic E-state index is 13.2. The monoisotopic (exact) mass is 523 g/mol. The molecular weight excluding hydrogens is 493 g/mol. The molecule has 1 aliphatic rings. The summed E-state index contributed by atoms with van der Waals surface area (Å²) in [5, 5.41) is 9.51. The highest BCUT2D eigenvalue weighted by Crippen LogP contribution is 2.31. The van der Waals surface area contributed by atoms with Crippen molar-refractivity contribution in [2.75, 3.05) is 6.54 Å². The molecule has 1 aliphatic heterocycles. The van der Waals surface area contributed by atoms with E-state index in [1.54, 1.807) is 18.2 Å². The van der Waals surface area contributed by atoms with Gasteiger partial charge in [-0.2, -0.15) is 0 Å². The first kappa shape index (κ1) is 26.8. The van der Waals surface area contributed by atoms with Crippen molar-refractivity contribution in [3.8, 4) is 0 Å². The molecule has 3 atom stereocenters. The molecule has 0 saturated carbocycles. The molecular formula is C24H31Cl2N5O4. The molecule has 6 N–H and O–H groups in total. The number of hydrogen-bond acceptors (Lipinski definition) is 4. The van der Waals surface area contributed by atoms with Crippen molar-refractivity contribution in [2.24, 2.45) is 17.1 Å². The molecule has 1 aromatic carbocycles. The number of benzene rings is 1. The fourth-order valence-electron chi connectivity index (χ4n) is 4.18. The summed E-state index contributed by atoms with van der Waals surface area (Å²) >= 11 is 12.3. The number of H-pyrrole nitrogens is 1. The lowest BCUT2D eigenvalue weighted by Gasteiger charge is -2.29. The molecule has 2 aromatic rings. The number of piperidine rings is 1. The van der Waals surface area contributed by atoms with Gasteiger partial charge in [0.25, 0.3) is 5.91 Å². The number of aromatic amines is 1. The summed E-state index contributed by atoms with van der Waals surface area (Å²) in [6, 6.07) is 3.00. The fourth-order valence-corrected chi connectivity index (χ4v) is 4.56. The van der Waals surface area contributed by atoms with Crippen LogP contribution in [0.5, 0.6) is 0 Å². The van der Waals surface area contributed by atoms with E-state index < -0.39 is 35.7 Å². The number of halogens is 2. The van der Waals surface area contributed by atoms with Crippen LogP contribution >= 0.6 is 23.2 Å². The largest absolute Gasteiger partial charge is 0.368 e. The molecule has 0 spiro atoms.